The van der Waals surface area contributed by atoms with Crippen molar-refractivity contribution in [2.24, 2.45) is 5.92 Å². The Hall–Kier alpha value is -1.12. The molecule has 0 aliphatic heterocycles. The SMILES string of the molecule is CNC(Cc1cccs1)C1CC1c1ccccc1. The zero-order chi connectivity index (χ0) is 12.4. The number of rotatable bonds is 5. The predicted molar refractivity (Wildman–Crippen MR) is 78.2 cm³/mol. The lowest BCUT2D eigenvalue weighted by atomic mass is 10.0. The molecule has 0 spiro atoms. The van der Waals surface area contributed by atoms with Gasteiger partial charge < -0.3 is 5.32 Å². The van der Waals surface area contributed by atoms with E-state index < -0.39 is 0 Å². The van der Waals surface area contributed by atoms with Crippen molar-refractivity contribution >= 4 is 11.3 Å². The van der Waals surface area contributed by atoms with Crippen LogP contribution in [0, 0.1) is 5.92 Å². The molecule has 1 aromatic carbocycles. The molecule has 0 amide bonds. The third kappa shape index (κ3) is 2.50. The minimum atomic E-state index is 0.619. The Morgan fingerprint density at radius 2 is 2.06 bits per heavy atom. The molecular formula is C16H19NS. The Morgan fingerprint density at radius 1 is 1.22 bits per heavy atom. The average Bonchev–Trinajstić information content (AvgIpc) is 3.05. The van der Waals surface area contributed by atoms with E-state index in [-0.39, 0.29) is 0 Å². The molecule has 0 radical (unpaired) electrons. The topological polar surface area (TPSA) is 12.0 Å². The van der Waals surface area contributed by atoms with Gasteiger partial charge in [0, 0.05) is 10.9 Å². The Bertz CT molecular complexity index is 477. The molecule has 1 nitrogen and oxygen atoms in total. The second-order valence-corrected chi connectivity index (χ2v) is 6.13. The second-order valence-electron chi connectivity index (χ2n) is 5.10. The third-order valence-electron chi connectivity index (χ3n) is 3.96. The van der Waals surface area contributed by atoms with Crippen LogP contribution in [0.5, 0.6) is 0 Å². The van der Waals surface area contributed by atoms with Gasteiger partial charge in [0.05, 0.1) is 0 Å². The maximum absolute atomic E-state index is 3.51. The lowest BCUT2D eigenvalue weighted by molar-refractivity contribution is 0.494. The quantitative estimate of drug-likeness (QED) is 0.861. The largest absolute Gasteiger partial charge is 0.316 e. The van der Waals surface area contributed by atoms with Crippen LogP contribution in [0.25, 0.3) is 0 Å². The molecule has 0 bridgehead atoms. The van der Waals surface area contributed by atoms with Crippen LogP contribution in [0.4, 0.5) is 0 Å². The first kappa shape index (κ1) is 11.9. The van der Waals surface area contributed by atoms with Crippen molar-refractivity contribution in [2.75, 3.05) is 7.05 Å². The highest BCUT2D eigenvalue weighted by Crippen LogP contribution is 2.50. The van der Waals surface area contributed by atoms with Gasteiger partial charge in [-0.3, -0.25) is 0 Å². The molecule has 3 atom stereocenters. The van der Waals surface area contributed by atoms with Crippen molar-refractivity contribution < 1.29 is 0 Å². The summed E-state index contributed by atoms with van der Waals surface area (Å²) in [5, 5.41) is 5.68. The molecule has 2 aromatic rings. The summed E-state index contributed by atoms with van der Waals surface area (Å²) < 4.78 is 0. The van der Waals surface area contributed by atoms with E-state index in [4.69, 9.17) is 0 Å². The highest BCUT2D eigenvalue weighted by molar-refractivity contribution is 7.09. The summed E-state index contributed by atoms with van der Waals surface area (Å²) >= 11 is 1.87. The highest BCUT2D eigenvalue weighted by Gasteiger charge is 2.43. The molecule has 18 heavy (non-hydrogen) atoms. The van der Waals surface area contributed by atoms with Crippen LogP contribution in [0.1, 0.15) is 22.8 Å². The van der Waals surface area contributed by atoms with Crippen molar-refractivity contribution in [3.8, 4) is 0 Å². The predicted octanol–water partition coefficient (Wildman–Crippen LogP) is 3.68. The summed E-state index contributed by atoms with van der Waals surface area (Å²) in [4.78, 5) is 1.49. The van der Waals surface area contributed by atoms with Gasteiger partial charge in [-0.05, 0) is 48.7 Å². The fourth-order valence-corrected chi connectivity index (χ4v) is 3.62. The van der Waals surface area contributed by atoms with Crippen LogP contribution in [-0.2, 0) is 6.42 Å². The third-order valence-corrected chi connectivity index (χ3v) is 4.86. The van der Waals surface area contributed by atoms with Gasteiger partial charge in [-0.25, -0.2) is 0 Å². The first-order chi connectivity index (χ1) is 8.88. The van der Waals surface area contributed by atoms with Gasteiger partial charge >= 0.3 is 0 Å². The van der Waals surface area contributed by atoms with Crippen molar-refractivity contribution in [1.29, 1.82) is 0 Å². The number of hydrogen-bond donors (Lipinski definition) is 1. The van der Waals surface area contributed by atoms with Crippen LogP contribution >= 0.6 is 11.3 Å². The minimum Gasteiger partial charge on any atom is -0.316 e. The fourth-order valence-electron chi connectivity index (χ4n) is 2.86. The zero-order valence-electron chi connectivity index (χ0n) is 10.7. The Labute approximate surface area is 113 Å². The van der Waals surface area contributed by atoms with E-state index in [1.807, 2.05) is 11.3 Å². The molecule has 0 saturated heterocycles. The van der Waals surface area contributed by atoms with Gasteiger partial charge in [-0.15, -0.1) is 11.3 Å². The molecule has 1 aromatic heterocycles. The standard InChI is InChI=1S/C16H19NS/c1-17-16(10-13-8-5-9-18-13)15-11-14(15)12-6-3-2-4-7-12/h2-9,14-17H,10-11H2,1H3. The van der Waals surface area contributed by atoms with Gasteiger partial charge in [-0.1, -0.05) is 36.4 Å². The maximum Gasteiger partial charge on any atom is 0.0147 e. The van der Waals surface area contributed by atoms with E-state index in [2.05, 4.69) is 60.2 Å². The number of likely N-dealkylation sites (N-methyl/N-ethyl adjacent to an activating group) is 1. The van der Waals surface area contributed by atoms with Crippen LogP contribution < -0.4 is 5.32 Å². The highest BCUT2D eigenvalue weighted by atomic mass is 32.1. The Kier molecular flexibility index (Phi) is 3.48. The summed E-state index contributed by atoms with van der Waals surface area (Å²) in [5.74, 6) is 1.57. The molecule has 1 fully saturated rings. The Balaban J connectivity index is 1.65. The van der Waals surface area contributed by atoms with Crippen molar-refractivity contribution in [3.05, 3.63) is 58.3 Å². The summed E-state index contributed by atoms with van der Waals surface area (Å²) in [6, 6.07) is 15.9. The number of hydrogen-bond acceptors (Lipinski definition) is 2. The van der Waals surface area contributed by atoms with Crippen LogP contribution in [0.15, 0.2) is 47.8 Å². The average molecular weight is 257 g/mol. The monoisotopic (exact) mass is 257 g/mol. The van der Waals surface area contributed by atoms with E-state index in [9.17, 15) is 0 Å². The summed E-state index contributed by atoms with van der Waals surface area (Å²) in [6.07, 6.45) is 2.50. The Morgan fingerprint density at radius 3 is 2.72 bits per heavy atom. The molecule has 1 aliphatic carbocycles. The fraction of sp³-hybridized carbons (Fsp3) is 0.375. The van der Waals surface area contributed by atoms with E-state index in [0.29, 0.717) is 6.04 Å². The molecular weight excluding hydrogens is 238 g/mol. The van der Waals surface area contributed by atoms with Crippen LogP contribution in [-0.4, -0.2) is 13.1 Å². The molecule has 2 heteroatoms. The van der Waals surface area contributed by atoms with Crippen LogP contribution in [0.2, 0.25) is 0 Å². The van der Waals surface area contributed by atoms with Crippen molar-refractivity contribution in [2.45, 2.75) is 24.8 Å². The minimum absolute atomic E-state index is 0.619. The van der Waals surface area contributed by atoms with E-state index in [1.54, 1.807) is 0 Å². The molecule has 1 aliphatic rings. The lowest BCUT2D eigenvalue weighted by Gasteiger charge is -2.15. The summed E-state index contributed by atoms with van der Waals surface area (Å²) in [7, 11) is 2.10. The second kappa shape index (κ2) is 5.25. The van der Waals surface area contributed by atoms with Gasteiger partial charge in [0.2, 0.25) is 0 Å². The molecule has 1 heterocycles. The van der Waals surface area contributed by atoms with Gasteiger partial charge in [-0.2, -0.15) is 0 Å². The first-order valence-corrected chi connectivity index (χ1v) is 7.51. The van der Waals surface area contributed by atoms with E-state index in [0.717, 1.165) is 11.8 Å². The number of thiophene rings is 1. The molecule has 1 N–H and O–H groups in total. The maximum atomic E-state index is 3.51. The lowest BCUT2D eigenvalue weighted by Crippen LogP contribution is -2.30. The van der Waals surface area contributed by atoms with E-state index in [1.165, 1.54) is 23.3 Å². The van der Waals surface area contributed by atoms with Crippen LogP contribution in [0.3, 0.4) is 0 Å². The van der Waals surface area contributed by atoms with Crippen molar-refractivity contribution in [3.63, 3.8) is 0 Å². The number of nitrogens with one attached hydrogen (secondary N) is 1. The van der Waals surface area contributed by atoms with Crippen molar-refractivity contribution in [1.82, 2.24) is 5.32 Å². The van der Waals surface area contributed by atoms with Gasteiger partial charge in [0.15, 0.2) is 0 Å². The smallest absolute Gasteiger partial charge is 0.0147 e. The van der Waals surface area contributed by atoms with Gasteiger partial charge in [0.25, 0.3) is 0 Å². The summed E-state index contributed by atoms with van der Waals surface area (Å²) in [5.41, 5.74) is 1.51. The molecule has 3 rings (SSSR count). The normalized spacial score (nSPS) is 23.8. The molecule has 3 unspecified atom stereocenters. The zero-order valence-corrected chi connectivity index (χ0v) is 11.5. The number of benzene rings is 1. The molecule has 1 saturated carbocycles. The first-order valence-electron chi connectivity index (χ1n) is 6.63. The van der Waals surface area contributed by atoms with Gasteiger partial charge in [0.1, 0.15) is 0 Å². The summed E-state index contributed by atoms with van der Waals surface area (Å²) in [6.45, 7) is 0. The molecule has 94 valence electrons. The van der Waals surface area contributed by atoms with E-state index >= 15 is 0 Å².